The molecule has 5 rings (SSSR count). The quantitative estimate of drug-likeness (QED) is 0.370. The van der Waals surface area contributed by atoms with Crippen LogP contribution >= 0.6 is 0 Å². The molecule has 3 aromatic carbocycles. The average molecular weight is 482 g/mol. The van der Waals surface area contributed by atoms with E-state index in [9.17, 15) is 9.59 Å². The Kier molecular flexibility index (Phi) is 7.26. The maximum atomic E-state index is 13.1. The summed E-state index contributed by atoms with van der Waals surface area (Å²) in [7, 11) is 0. The molecule has 1 aromatic heterocycles. The molecule has 1 fully saturated rings. The predicted octanol–water partition coefficient (Wildman–Crippen LogP) is 4.44. The highest BCUT2D eigenvalue weighted by molar-refractivity contribution is 5.88. The number of rotatable bonds is 9. The fraction of sp³-hybridized carbons (Fsp3) is 0.276. The fourth-order valence-corrected chi connectivity index (χ4v) is 4.86. The first kappa shape index (κ1) is 23.6. The second-order valence-corrected chi connectivity index (χ2v) is 9.06. The Morgan fingerprint density at radius 2 is 1.61 bits per heavy atom. The molecule has 1 aliphatic heterocycles. The molecule has 2 amide bonds. The van der Waals surface area contributed by atoms with Crippen molar-refractivity contribution < 1.29 is 9.59 Å². The molecule has 1 aliphatic rings. The van der Waals surface area contributed by atoms with Gasteiger partial charge in [-0.15, -0.1) is 0 Å². The molecule has 7 nitrogen and oxygen atoms in total. The third-order valence-corrected chi connectivity index (χ3v) is 6.66. The summed E-state index contributed by atoms with van der Waals surface area (Å²) in [5, 5.41) is 3.08. The number of fused-ring (bicyclic) bond motifs is 1. The molecule has 7 heteroatoms. The summed E-state index contributed by atoms with van der Waals surface area (Å²) in [4.78, 5) is 37.8. The van der Waals surface area contributed by atoms with E-state index in [0.29, 0.717) is 38.9 Å². The summed E-state index contributed by atoms with van der Waals surface area (Å²) in [5.41, 5.74) is 4.01. The minimum atomic E-state index is -0.407. The Morgan fingerprint density at radius 1 is 0.944 bits per heavy atom. The summed E-state index contributed by atoms with van der Waals surface area (Å²) >= 11 is 0. The van der Waals surface area contributed by atoms with Gasteiger partial charge < -0.3 is 20.1 Å². The van der Waals surface area contributed by atoms with Gasteiger partial charge in [0.25, 0.3) is 0 Å². The molecule has 36 heavy (non-hydrogen) atoms. The first-order valence-corrected chi connectivity index (χ1v) is 12.6. The lowest BCUT2D eigenvalue weighted by atomic mass is 10.2. The summed E-state index contributed by atoms with van der Waals surface area (Å²) in [6.45, 7) is 1.74. The molecular weight excluding hydrogens is 450 g/mol. The molecule has 0 bridgehead atoms. The van der Waals surface area contributed by atoms with Gasteiger partial charge in [-0.1, -0.05) is 48.5 Å². The van der Waals surface area contributed by atoms with Crippen LogP contribution in [0.15, 0.2) is 84.9 Å². The van der Waals surface area contributed by atoms with Crippen molar-refractivity contribution in [2.24, 2.45) is 0 Å². The van der Waals surface area contributed by atoms with Crippen LogP contribution in [-0.2, 0) is 16.0 Å². The maximum Gasteiger partial charge on any atom is 0.242 e. The number of likely N-dealkylation sites (tertiary alicyclic amines) is 1. The molecule has 0 radical (unpaired) electrons. The van der Waals surface area contributed by atoms with E-state index >= 15 is 0 Å². The summed E-state index contributed by atoms with van der Waals surface area (Å²) in [6.07, 6.45) is 2.40. The summed E-state index contributed by atoms with van der Waals surface area (Å²) in [6, 6.07) is 27.7. The highest BCUT2D eigenvalue weighted by Gasteiger charge is 2.33. The van der Waals surface area contributed by atoms with Crippen LogP contribution in [-0.4, -0.2) is 52.4 Å². The second-order valence-electron chi connectivity index (χ2n) is 9.06. The number of nitrogens with one attached hydrogen (secondary N) is 2. The molecule has 184 valence electrons. The van der Waals surface area contributed by atoms with Crippen LogP contribution in [0.1, 0.15) is 25.1 Å². The van der Waals surface area contributed by atoms with Crippen molar-refractivity contribution in [1.82, 2.24) is 20.2 Å². The van der Waals surface area contributed by atoms with Gasteiger partial charge in [0.1, 0.15) is 11.9 Å². The Hall–Kier alpha value is -4.13. The number of para-hydroxylation sites is 4. The lowest BCUT2D eigenvalue weighted by Gasteiger charge is -2.27. The van der Waals surface area contributed by atoms with Crippen molar-refractivity contribution in [1.29, 1.82) is 0 Å². The van der Waals surface area contributed by atoms with Crippen LogP contribution in [0.4, 0.5) is 11.4 Å². The van der Waals surface area contributed by atoms with E-state index in [1.54, 1.807) is 4.90 Å². The molecule has 0 aliphatic carbocycles. The Labute approximate surface area is 211 Å². The van der Waals surface area contributed by atoms with Gasteiger partial charge in [0, 0.05) is 43.9 Å². The molecule has 0 spiro atoms. The monoisotopic (exact) mass is 481 g/mol. The number of nitrogens with zero attached hydrogens (tertiary/aromatic N) is 3. The Balaban J connectivity index is 1.16. The SMILES string of the molecule is O=C(NCCN(c1ccccc1)c1ccccc1)[C@@H]1CCCN1C(=O)CCc1nc2ccccc2[nH]1. The number of carbonyl (C=O) groups excluding carboxylic acids is 2. The minimum absolute atomic E-state index is 0.00306. The molecule has 2 heterocycles. The minimum Gasteiger partial charge on any atom is -0.353 e. The van der Waals surface area contributed by atoms with Gasteiger partial charge in [0.05, 0.1) is 11.0 Å². The molecule has 1 saturated heterocycles. The number of anilines is 2. The highest BCUT2D eigenvalue weighted by Crippen LogP contribution is 2.24. The lowest BCUT2D eigenvalue weighted by Crippen LogP contribution is -2.47. The Morgan fingerprint density at radius 3 is 2.31 bits per heavy atom. The van der Waals surface area contributed by atoms with Gasteiger partial charge in [0.15, 0.2) is 0 Å². The molecule has 2 N–H and O–H groups in total. The van der Waals surface area contributed by atoms with Crippen LogP contribution in [0, 0.1) is 0 Å². The molecule has 1 atom stereocenters. The third-order valence-electron chi connectivity index (χ3n) is 6.66. The fourth-order valence-electron chi connectivity index (χ4n) is 4.86. The zero-order valence-electron chi connectivity index (χ0n) is 20.3. The standard InChI is InChI=1S/C29H31N5O2/c35-28(18-17-27-31-24-14-7-8-15-25(24)32-27)34-20-9-16-26(34)29(36)30-19-21-33(22-10-3-1-4-11-22)23-12-5-2-6-13-23/h1-8,10-15,26H,9,16-21H2,(H,30,36)(H,31,32)/t26-/m0/s1. The van der Waals surface area contributed by atoms with Crippen molar-refractivity contribution in [3.05, 3.63) is 90.8 Å². The number of aryl methyl sites for hydroxylation is 1. The van der Waals surface area contributed by atoms with Crippen LogP contribution in [0.5, 0.6) is 0 Å². The number of aromatic amines is 1. The van der Waals surface area contributed by atoms with Gasteiger partial charge in [-0.25, -0.2) is 4.98 Å². The van der Waals surface area contributed by atoms with Gasteiger partial charge in [0.2, 0.25) is 11.8 Å². The maximum absolute atomic E-state index is 13.1. The third kappa shape index (κ3) is 5.40. The van der Waals surface area contributed by atoms with Gasteiger partial charge in [-0.2, -0.15) is 0 Å². The van der Waals surface area contributed by atoms with Gasteiger partial charge in [-0.3, -0.25) is 9.59 Å². The highest BCUT2D eigenvalue weighted by atomic mass is 16.2. The normalized spacial score (nSPS) is 15.2. The lowest BCUT2D eigenvalue weighted by molar-refractivity contribution is -0.138. The number of hydrogen-bond donors (Lipinski definition) is 2. The van der Waals surface area contributed by atoms with E-state index in [4.69, 9.17) is 0 Å². The van der Waals surface area contributed by atoms with Crippen LogP contribution < -0.4 is 10.2 Å². The number of amides is 2. The first-order valence-electron chi connectivity index (χ1n) is 12.6. The topological polar surface area (TPSA) is 81.3 Å². The van der Waals surface area contributed by atoms with Crippen molar-refractivity contribution >= 4 is 34.2 Å². The smallest absolute Gasteiger partial charge is 0.242 e. The van der Waals surface area contributed by atoms with Crippen molar-refractivity contribution in [2.75, 3.05) is 24.5 Å². The van der Waals surface area contributed by atoms with E-state index < -0.39 is 6.04 Å². The molecule has 0 saturated carbocycles. The average Bonchev–Trinajstić information content (AvgIpc) is 3.58. The number of imidazole rings is 1. The number of benzene rings is 3. The summed E-state index contributed by atoms with van der Waals surface area (Å²) in [5.74, 6) is 0.723. The number of hydrogen-bond acceptors (Lipinski definition) is 4. The summed E-state index contributed by atoms with van der Waals surface area (Å²) < 4.78 is 0. The molecule has 4 aromatic rings. The first-order chi connectivity index (χ1) is 17.7. The van der Waals surface area contributed by atoms with Crippen molar-refractivity contribution in [3.8, 4) is 0 Å². The number of aromatic nitrogens is 2. The second kappa shape index (κ2) is 11.1. The van der Waals surface area contributed by atoms with Crippen LogP contribution in [0.25, 0.3) is 11.0 Å². The van der Waals surface area contributed by atoms with E-state index in [-0.39, 0.29) is 11.8 Å². The van der Waals surface area contributed by atoms with Crippen LogP contribution in [0.3, 0.4) is 0 Å². The largest absolute Gasteiger partial charge is 0.353 e. The predicted molar refractivity (Wildman–Crippen MR) is 142 cm³/mol. The zero-order chi connectivity index (χ0) is 24.7. The van der Waals surface area contributed by atoms with Crippen molar-refractivity contribution in [3.63, 3.8) is 0 Å². The number of carbonyl (C=O) groups is 2. The van der Waals surface area contributed by atoms with E-state index in [1.165, 1.54) is 0 Å². The number of H-pyrrole nitrogens is 1. The van der Waals surface area contributed by atoms with Gasteiger partial charge >= 0.3 is 0 Å². The van der Waals surface area contributed by atoms with Gasteiger partial charge in [-0.05, 0) is 49.2 Å². The van der Waals surface area contributed by atoms with E-state index in [2.05, 4.69) is 44.5 Å². The molecular formula is C29H31N5O2. The zero-order valence-corrected chi connectivity index (χ0v) is 20.3. The van der Waals surface area contributed by atoms with E-state index in [1.807, 2.05) is 60.7 Å². The van der Waals surface area contributed by atoms with Crippen molar-refractivity contribution in [2.45, 2.75) is 31.7 Å². The Bertz CT molecular complexity index is 1230. The van der Waals surface area contributed by atoms with E-state index in [0.717, 1.165) is 34.7 Å². The van der Waals surface area contributed by atoms with Crippen LogP contribution in [0.2, 0.25) is 0 Å². The molecule has 0 unspecified atom stereocenters.